The average molecular weight is 239 g/mol. The van der Waals surface area contributed by atoms with Crippen molar-refractivity contribution < 1.29 is 0 Å². The summed E-state index contributed by atoms with van der Waals surface area (Å²) in [4.78, 5) is 5.34. The van der Waals surface area contributed by atoms with Crippen LogP contribution in [0.25, 0.3) is 0 Å². The van der Waals surface area contributed by atoms with Crippen LogP contribution in [-0.4, -0.2) is 60.6 Å². The first-order valence-corrected chi connectivity index (χ1v) is 7.42. The van der Waals surface area contributed by atoms with E-state index in [9.17, 15) is 0 Å². The van der Waals surface area contributed by atoms with Gasteiger partial charge in [0, 0.05) is 44.3 Å². The minimum absolute atomic E-state index is 0.718. The van der Waals surface area contributed by atoms with E-state index in [-0.39, 0.29) is 0 Å². The maximum Gasteiger partial charge on any atom is 0.0113 e. The van der Waals surface area contributed by atoms with Gasteiger partial charge in [-0.2, -0.15) is 0 Å². The molecule has 2 atom stereocenters. The fourth-order valence-corrected chi connectivity index (χ4v) is 3.38. The molecule has 1 aliphatic carbocycles. The second kappa shape index (κ2) is 6.17. The quantitative estimate of drug-likeness (QED) is 0.803. The number of hydrogen-bond donors (Lipinski definition) is 1. The lowest BCUT2D eigenvalue weighted by molar-refractivity contribution is 0.0791. The molecule has 1 N–H and O–H groups in total. The summed E-state index contributed by atoms with van der Waals surface area (Å²) < 4.78 is 0. The Labute approximate surface area is 107 Å². The Morgan fingerprint density at radius 2 is 1.82 bits per heavy atom. The third-order valence-electron chi connectivity index (χ3n) is 4.49. The fourth-order valence-electron chi connectivity index (χ4n) is 3.38. The molecule has 1 aliphatic heterocycles. The zero-order valence-corrected chi connectivity index (χ0v) is 11.8. The van der Waals surface area contributed by atoms with E-state index in [2.05, 4.69) is 35.9 Å². The summed E-state index contributed by atoms with van der Waals surface area (Å²) in [5.74, 6) is 0. The van der Waals surface area contributed by atoms with E-state index in [1.807, 2.05) is 0 Å². The molecule has 0 amide bonds. The number of rotatable bonds is 4. The SMILES string of the molecule is CCNC1CCC(N2CCN(C(C)C)CC2)C1. The number of nitrogens with one attached hydrogen (secondary N) is 1. The van der Waals surface area contributed by atoms with Crippen LogP contribution >= 0.6 is 0 Å². The zero-order valence-electron chi connectivity index (χ0n) is 11.8. The van der Waals surface area contributed by atoms with Crippen LogP contribution in [0.1, 0.15) is 40.0 Å². The summed E-state index contributed by atoms with van der Waals surface area (Å²) >= 11 is 0. The number of piperazine rings is 1. The molecule has 100 valence electrons. The van der Waals surface area contributed by atoms with E-state index in [0.717, 1.165) is 24.7 Å². The van der Waals surface area contributed by atoms with Crippen molar-refractivity contribution >= 4 is 0 Å². The van der Waals surface area contributed by atoms with Crippen LogP contribution in [0.4, 0.5) is 0 Å². The van der Waals surface area contributed by atoms with Crippen molar-refractivity contribution in [3.05, 3.63) is 0 Å². The zero-order chi connectivity index (χ0) is 12.3. The number of nitrogens with zero attached hydrogens (tertiary/aromatic N) is 2. The maximum atomic E-state index is 3.60. The molecule has 3 nitrogen and oxygen atoms in total. The molecule has 0 radical (unpaired) electrons. The Morgan fingerprint density at radius 3 is 2.41 bits per heavy atom. The van der Waals surface area contributed by atoms with Crippen molar-refractivity contribution in [2.45, 2.75) is 58.2 Å². The molecule has 2 unspecified atom stereocenters. The Kier molecular flexibility index (Phi) is 4.83. The van der Waals surface area contributed by atoms with Crippen LogP contribution in [0.5, 0.6) is 0 Å². The monoisotopic (exact) mass is 239 g/mol. The molecular weight excluding hydrogens is 210 g/mol. The van der Waals surface area contributed by atoms with E-state index in [4.69, 9.17) is 0 Å². The first-order valence-electron chi connectivity index (χ1n) is 7.42. The van der Waals surface area contributed by atoms with E-state index in [1.54, 1.807) is 0 Å². The maximum absolute atomic E-state index is 3.60. The van der Waals surface area contributed by atoms with Gasteiger partial charge in [0.05, 0.1) is 0 Å². The van der Waals surface area contributed by atoms with E-state index < -0.39 is 0 Å². The van der Waals surface area contributed by atoms with Gasteiger partial charge in [0.25, 0.3) is 0 Å². The Hall–Kier alpha value is -0.120. The lowest BCUT2D eigenvalue weighted by Crippen LogP contribution is -2.51. The topological polar surface area (TPSA) is 18.5 Å². The van der Waals surface area contributed by atoms with Crippen molar-refractivity contribution in [3.8, 4) is 0 Å². The van der Waals surface area contributed by atoms with Crippen LogP contribution in [0.15, 0.2) is 0 Å². The molecule has 17 heavy (non-hydrogen) atoms. The minimum Gasteiger partial charge on any atom is -0.314 e. The van der Waals surface area contributed by atoms with Gasteiger partial charge in [-0.25, -0.2) is 0 Å². The van der Waals surface area contributed by atoms with E-state index in [1.165, 1.54) is 45.4 Å². The van der Waals surface area contributed by atoms with Gasteiger partial charge in [-0.05, 0) is 39.7 Å². The van der Waals surface area contributed by atoms with Crippen LogP contribution in [0.3, 0.4) is 0 Å². The molecule has 0 bridgehead atoms. The lowest BCUT2D eigenvalue weighted by atomic mass is 10.1. The highest BCUT2D eigenvalue weighted by atomic mass is 15.3. The van der Waals surface area contributed by atoms with Gasteiger partial charge < -0.3 is 5.32 Å². The second-order valence-electron chi connectivity index (χ2n) is 5.89. The van der Waals surface area contributed by atoms with Crippen LogP contribution in [0.2, 0.25) is 0 Å². The first kappa shape index (κ1) is 13.3. The summed E-state index contributed by atoms with van der Waals surface area (Å²) in [5, 5.41) is 3.60. The molecular formula is C14H29N3. The molecule has 3 heteroatoms. The van der Waals surface area contributed by atoms with Gasteiger partial charge in [0.1, 0.15) is 0 Å². The van der Waals surface area contributed by atoms with Gasteiger partial charge in [0.2, 0.25) is 0 Å². The smallest absolute Gasteiger partial charge is 0.0113 e. The van der Waals surface area contributed by atoms with Crippen LogP contribution in [-0.2, 0) is 0 Å². The highest BCUT2D eigenvalue weighted by Crippen LogP contribution is 2.25. The number of hydrogen-bond acceptors (Lipinski definition) is 3. The van der Waals surface area contributed by atoms with Gasteiger partial charge in [-0.1, -0.05) is 6.92 Å². The highest BCUT2D eigenvalue weighted by Gasteiger charge is 2.30. The summed E-state index contributed by atoms with van der Waals surface area (Å²) in [6, 6.07) is 2.36. The molecule has 1 heterocycles. The molecule has 2 fully saturated rings. The predicted octanol–water partition coefficient (Wildman–Crippen LogP) is 1.54. The van der Waals surface area contributed by atoms with Crippen molar-refractivity contribution in [2.75, 3.05) is 32.7 Å². The molecule has 0 aromatic carbocycles. The molecule has 0 spiro atoms. The molecule has 1 saturated carbocycles. The van der Waals surface area contributed by atoms with Crippen LogP contribution in [0, 0.1) is 0 Å². The summed E-state index contributed by atoms with van der Waals surface area (Å²) in [5.41, 5.74) is 0. The van der Waals surface area contributed by atoms with Crippen molar-refractivity contribution in [2.24, 2.45) is 0 Å². The molecule has 2 rings (SSSR count). The van der Waals surface area contributed by atoms with Gasteiger partial charge in [-0.15, -0.1) is 0 Å². The third kappa shape index (κ3) is 3.43. The molecule has 2 aliphatic rings. The lowest BCUT2D eigenvalue weighted by Gasteiger charge is -2.39. The Bertz CT molecular complexity index is 222. The van der Waals surface area contributed by atoms with Crippen LogP contribution < -0.4 is 5.32 Å². The highest BCUT2D eigenvalue weighted by molar-refractivity contribution is 4.89. The van der Waals surface area contributed by atoms with E-state index in [0.29, 0.717) is 0 Å². The van der Waals surface area contributed by atoms with Gasteiger partial charge in [-0.3, -0.25) is 9.80 Å². The fraction of sp³-hybridized carbons (Fsp3) is 1.00. The summed E-state index contributed by atoms with van der Waals surface area (Å²) in [7, 11) is 0. The molecule has 0 aromatic rings. The Balaban J connectivity index is 1.74. The predicted molar refractivity (Wildman–Crippen MR) is 73.4 cm³/mol. The first-order chi connectivity index (χ1) is 8.20. The summed E-state index contributed by atoms with van der Waals surface area (Å²) in [6.45, 7) is 13.1. The standard InChI is InChI=1S/C14H29N3/c1-4-15-13-5-6-14(11-13)17-9-7-16(8-10-17)12(2)3/h12-15H,4-11H2,1-3H3. The largest absolute Gasteiger partial charge is 0.314 e. The minimum atomic E-state index is 0.718. The van der Waals surface area contributed by atoms with Crippen molar-refractivity contribution in [1.82, 2.24) is 15.1 Å². The average Bonchev–Trinajstić information content (AvgIpc) is 2.78. The Morgan fingerprint density at radius 1 is 1.12 bits per heavy atom. The van der Waals surface area contributed by atoms with E-state index >= 15 is 0 Å². The van der Waals surface area contributed by atoms with Crippen molar-refractivity contribution in [3.63, 3.8) is 0 Å². The van der Waals surface area contributed by atoms with Gasteiger partial charge >= 0.3 is 0 Å². The third-order valence-corrected chi connectivity index (χ3v) is 4.49. The molecule has 0 aromatic heterocycles. The second-order valence-corrected chi connectivity index (χ2v) is 5.89. The molecule has 1 saturated heterocycles. The normalized spacial score (nSPS) is 32.5. The van der Waals surface area contributed by atoms with Gasteiger partial charge in [0.15, 0.2) is 0 Å². The summed E-state index contributed by atoms with van der Waals surface area (Å²) in [6.07, 6.45) is 4.15. The van der Waals surface area contributed by atoms with Crippen molar-refractivity contribution in [1.29, 1.82) is 0 Å².